The lowest BCUT2D eigenvalue weighted by atomic mass is 9.99. The number of amides is 2. The van der Waals surface area contributed by atoms with Crippen LogP contribution in [0, 0.1) is 0 Å². The minimum atomic E-state index is -0.355. The number of hydrogen-bond acceptors (Lipinski definition) is 3. The summed E-state index contributed by atoms with van der Waals surface area (Å²) in [5.41, 5.74) is 7.35. The lowest BCUT2D eigenvalue weighted by Crippen LogP contribution is -2.30. The Morgan fingerprint density at radius 3 is 2.25 bits per heavy atom. The van der Waals surface area contributed by atoms with Crippen molar-refractivity contribution in [1.29, 1.82) is 0 Å². The molecule has 5 heteroatoms. The molecule has 2 rings (SSSR count). The van der Waals surface area contributed by atoms with Crippen molar-refractivity contribution < 1.29 is 9.59 Å². The number of carbonyl (C=O) groups excluding carboxylic acids is 2. The number of thioether (sulfide) groups is 1. The van der Waals surface area contributed by atoms with Crippen molar-refractivity contribution in [2.24, 2.45) is 5.73 Å². The van der Waals surface area contributed by atoms with E-state index in [0.29, 0.717) is 12.2 Å². The summed E-state index contributed by atoms with van der Waals surface area (Å²) in [5, 5.41) is 3.10. The summed E-state index contributed by atoms with van der Waals surface area (Å²) in [4.78, 5) is 22.9. The van der Waals surface area contributed by atoms with Gasteiger partial charge in [-0.25, -0.2) is 0 Å². The van der Waals surface area contributed by atoms with E-state index in [1.165, 1.54) is 17.3 Å². The van der Waals surface area contributed by atoms with Crippen LogP contribution in [-0.2, 0) is 16.0 Å². The monoisotopic (exact) mass is 342 g/mol. The first-order valence-corrected chi connectivity index (χ1v) is 9.05. The topological polar surface area (TPSA) is 72.2 Å². The highest BCUT2D eigenvalue weighted by Gasteiger charge is 2.15. The Morgan fingerprint density at radius 2 is 1.62 bits per heavy atom. The molecule has 126 valence electrons. The van der Waals surface area contributed by atoms with Crippen molar-refractivity contribution in [2.75, 3.05) is 11.5 Å². The van der Waals surface area contributed by atoms with Gasteiger partial charge in [-0.05, 0) is 17.5 Å². The van der Waals surface area contributed by atoms with Gasteiger partial charge in [-0.1, -0.05) is 60.7 Å². The normalized spacial score (nSPS) is 11.7. The van der Waals surface area contributed by atoms with Crippen molar-refractivity contribution in [2.45, 2.75) is 18.9 Å². The summed E-state index contributed by atoms with van der Waals surface area (Å²) in [6.45, 7) is 0. The second kappa shape index (κ2) is 9.78. The van der Waals surface area contributed by atoms with Crippen LogP contribution in [0.15, 0.2) is 60.7 Å². The maximum atomic E-state index is 12.2. The molecular formula is C19H22N2O2S. The Balaban J connectivity index is 1.96. The second-order valence-corrected chi connectivity index (χ2v) is 6.59. The molecule has 2 aromatic carbocycles. The van der Waals surface area contributed by atoms with E-state index in [-0.39, 0.29) is 23.6 Å². The molecule has 0 radical (unpaired) electrons. The van der Waals surface area contributed by atoms with E-state index >= 15 is 0 Å². The van der Waals surface area contributed by atoms with Gasteiger partial charge in [-0.3, -0.25) is 9.59 Å². The maximum Gasteiger partial charge on any atom is 0.227 e. The first-order chi connectivity index (χ1) is 11.6. The summed E-state index contributed by atoms with van der Waals surface area (Å²) >= 11 is 1.38. The zero-order chi connectivity index (χ0) is 17.2. The Labute approximate surface area is 146 Å². The van der Waals surface area contributed by atoms with Crippen molar-refractivity contribution in [3.8, 4) is 0 Å². The average molecular weight is 342 g/mol. The largest absolute Gasteiger partial charge is 0.369 e. The molecule has 0 fully saturated rings. The molecule has 0 heterocycles. The van der Waals surface area contributed by atoms with E-state index in [1.807, 2.05) is 48.5 Å². The molecule has 0 aromatic heterocycles. The zero-order valence-corrected chi connectivity index (χ0v) is 14.3. The third-order valence-corrected chi connectivity index (χ3v) is 4.52. The van der Waals surface area contributed by atoms with Gasteiger partial charge in [0.1, 0.15) is 0 Å². The third kappa shape index (κ3) is 6.46. The van der Waals surface area contributed by atoms with Gasteiger partial charge in [0.2, 0.25) is 11.8 Å². The van der Waals surface area contributed by atoms with Crippen LogP contribution in [0.3, 0.4) is 0 Å². The Bertz CT molecular complexity index is 647. The van der Waals surface area contributed by atoms with E-state index in [2.05, 4.69) is 17.4 Å². The van der Waals surface area contributed by atoms with Crippen LogP contribution in [0.5, 0.6) is 0 Å². The van der Waals surface area contributed by atoms with Gasteiger partial charge in [0.05, 0.1) is 11.8 Å². The maximum absolute atomic E-state index is 12.2. The molecule has 3 N–H and O–H groups in total. The molecule has 2 aromatic rings. The predicted molar refractivity (Wildman–Crippen MR) is 98.6 cm³/mol. The van der Waals surface area contributed by atoms with E-state index < -0.39 is 0 Å². The molecule has 24 heavy (non-hydrogen) atoms. The number of nitrogens with two attached hydrogens (primary N) is 1. The average Bonchev–Trinajstić information content (AvgIpc) is 2.60. The van der Waals surface area contributed by atoms with Crippen LogP contribution in [0.2, 0.25) is 0 Å². The molecule has 4 nitrogen and oxygen atoms in total. The zero-order valence-electron chi connectivity index (χ0n) is 13.5. The molecule has 1 atom stereocenters. The first kappa shape index (κ1) is 18.1. The molecule has 1 unspecified atom stereocenters. The number of rotatable bonds is 9. The third-order valence-electron chi connectivity index (χ3n) is 3.54. The SMILES string of the molecule is NC(=O)CSCCC(=O)NC(Cc1ccccc1)c1ccccc1. The van der Waals surface area contributed by atoms with Crippen LogP contribution < -0.4 is 11.1 Å². The van der Waals surface area contributed by atoms with Crippen molar-refractivity contribution in [3.63, 3.8) is 0 Å². The summed E-state index contributed by atoms with van der Waals surface area (Å²) < 4.78 is 0. The van der Waals surface area contributed by atoms with E-state index in [0.717, 1.165) is 12.0 Å². The fourth-order valence-corrected chi connectivity index (χ4v) is 3.07. The van der Waals surface area contributed by atoms with Crippen LogP contribution in [0.25, 0.3) is 0 Å². The van der Waals surface area contributed by atoms with E-state index in [1.54, 1.807) is 0 Å². The number of nitrogens with one attached hydrogen (secondary N) is 1. The van der Waals surface area contributed by atoms with Crippen LogP contribution in [-0.4, -0.2) is 23.3 Å². The standard InChI is InChI=1S/C19H22N2O2S/c20-18(22)14-24-12-11-19(23)21-17(16-9-5-2-6-10-16)13-15-7-3-1-4-8-15/h1-10,17H,11-14H2,(H2,20,22)(H,21,23). The molecule has 0 saturated heterocycles. The van der Waals surface area contributed by atoms with Gasteiger partial charge < -0.3 is 11.1 Å². The molecule has 0 aliphatic rings. The molecule has 0 saturated carbocycles. The smallest absolute Gasteiger partial charge is 0.227 e. The minimum absolute atomic E-state index is 0.0169. The number of benzene rings is 2. The van der Waals surface area contributed by atoms with Gasteiger partial charge in [0, 0.05) is 12.2 Å². The molecule has 0 spiro atoms. The van der Waals surface area contributed by atoms with Gasteiger partial charge in [-0.2, -0.15) is 11.8 Å². The van der Waals surface area contributed by atoms with Crippen molar-refractivity contribution in [1.82, 2.24) is 5.32 Å². The quantitative estimate of drug-likeness (QED) is 0.688. The Hall–Kier alpha value is -2.27. The van der Waals surface area contributed by atoms with Crippen LogP contribution in [0.1, 0.15) is 23.6 Å². The molecule has 0 aliphatic heterocycles. The molecule has 0 aliphatic carbocycles. The van der Waals surface area contributed by atoms with Gasteiger partial charge in [-0.15, -0.1) is 0 Å². The number of carbonyl (C=O) groups is 2. The van der Waals surface area contributed by atoms with Crippen LogP contribution in [0.4, 0.5) is 0 Å². The second-order valence-electron chi connectivity index (χ2n) is 5.49. The summed E-state index contributed by atoms with van der Waals surface area (Å²) in [5.74, 6) is 0.463. The lowest BCUT2D eigenvalue weighted by molar-refractivity contribution is -0.121. The Kier molecular flexibility index (Phi) is 7.36. The predicted octanol–water partition coefficient (Wildman–Crippen LogP) is 2.70. The minimum Gasteiger partial charge on any atom is -0.369 e. The summed E-state index contributed by atoms with van der Waals surface area (Å²) in [6.07, 6.45) is 1.11. The van der Waals surface area contributed by atoms with Gasteiger partial charge >= 0.3 is 0 Å². The fourth-order valence-electron chi connectivity index (χ4n) is 2.39. The highest BCUT2D eigenvalue weighted by Crippen LogP contribution is 2.18. The highest BCUT2D eigenvalue weighted by atomic mass is 32.2. The summed E-state index contributed by atoms with van der Waals surface area (Å²) in [7, 11) is 0. The van der Waals surface area contributed by atoms with Gasteiger partial charge in [0.25, 0.3) is 0 Å². The lowest BCUT2D eigenvalue weighted by Gasteiger charge is -2.19. The van der Waals surface area contributed by atoms with Crippen LogP contribution >= 0.6 is 11.8 Å². The van der Waals surface area contributed by atoms with Crippen molar-refractivity contribution in [3.05, 3.63) is 71.8 Å². The van der Waals surface area contributed by atoms with Gasteiger partial charge in [0.15, 0.2) is 0 Å². The molecular weight excluding hydrogens is 320 g/mol. The van der Waals surface area contributed by atoms with E-state index in [9.17, 15) is 9.59 Å². The molecule has 0 bridgehead atoms. The van der Waals surface area contributed by atoms with E-state index in [4.69, 9.17) is 5.73 Å². The first-order valence-electron chi connectivity index (χ1n) is 7.89. The number of hydrogen-bond donors (Lipinski definition) is 2. The highest BCUT2D eigenvalue weighted by molar-refractivity contribution is 7.99. The van der Waals surface area contributed by atoms with Crippen molar-refractivity contribution >= 4 is 23.6 Å². The number of primary amides is 1. The Morgan fingerprint density at radius 1 is 1.00 bits per heavy atom. The fraction of sp³-hybridized carbons (Fsp3) is 0.263. The molecule has 2 amide bonds. The summed E-state index contributed by atoms with van der Waals surface area (Å²) in [6, 6.07) is 20.0.